The number of rotatable bonds is 38. The van der Waals surface area contributed by atoms with E-state index in [-0.39, 0.29) is 17.2 Å². The summed E-state index contributed by atoms with van der Waals surface area (Å²) >= 11 is 0. The zero-order valence-corrected chi connectivity index (χ0v) is 33.6. The Morgan fingerprint density at radius 3 is 0.980 bits per heavy atom. The van der Waals surface area contributed by atoms with Crippen molar-refractivity contribution in [3.05, 3.63) is 0 Å². The van der Waals surface area contributed by atoms with Gasteiger partial charge in [0.1, 0.15) is 0 Å². The fraction of sp³-hybridized carbons (Fsp3) is 0.870. The normalized spacial score (nSPS) is 11.2. The number of nitrogens with two attached hydrogens (primary N) is 2. The minimum absolute atomic E-state index is 0.0298. The largest absolute Gasteiger partial charge is 0.370 e. The number of primary amides is 2. The number of carbonyl (C=O) groups excluding carboxylic acids is 2. The molecule has 0 fully saturated rings. The van der Waals surface area contributed by atoms with Crippen LogP contribution in [-0.4, -0.2) is 11.8 Å². The van der Waals surface area contributed by atoms with Gasteiger partial charge in [-0.2, -0.15) is 0 Å². The lowest BCUT2D eigenvalue weighted by Gasteiger charge is -2.31. The molecule has 0 radical (unpaired) electrons. The monoisotopic (exact) mass is 697 g/mol. The van der Waals surface area contributed by atoms with Crippen LogP contribution < -0.4 is 11.5 Å². The van der Waals surface area contributed by atoms with Gasteiger partial charge in [-0.3, -0.25) is 9.59 Å². The highest BCUT2D eigenvalue weighted by atomic mass is 16.1. The second-order valence-electron chi connectivity index (χ2n) is 15.5. The van der Waals surface area contributed by atoms with Gasteiger partial charge in [-0.15, -0.1) is 0 Å². The molecule has 0 spiro atoms. The van der Waals surface area contributed by atoms with Gasteiger partial charge in [-0.05, 0) is 50.4 Å². The summed E-state index contributed by atoms with van der Waals surface area (Å²) in [6.45, 7) is 4.56. The van der Waals surface area contributed by atoms with Crippen LogP contribution in [0.5, 0.6) is 0 Å². The van der Waals surface area contributed by atoms with Crippen LogP contribution in [0.25, 0.3) is 0 Å². The summed E-state index contributed by atoms with van der Waals surface area (Å²) in [6.07, 6.45) is 44.4. The standard InChI is InChI=1S/C46H84N2O2/c1-3-5-7-9-11-13-25-29-33-37-41-46(45(48)50,42-38-34-30-26-14-12-10-8-6-4-2)43-39-35-31-27-23-21-19-17-15-16-18-20-22-24-28-32-36-40-44(47)49/h3-14,18,20-43H2,1-2H3,(H2,47,49)(H2,48,50). The maximum Gasteiger partial charge on any atom is 0.223 e. The lowest BCUT2D eigenvalue weighted by molar-refractivity contribution is -0.129. The lowest BCUT2D eigenvalue weighted by atomic mass is 9.73. The van der Waals surface area contributed by atoms with E-state index >= 15 is 0 Å². The van der Waals surface area contributed by atoms with Gasteiger partial charge in [0.05, 0.1) is 0 Å². The van der Waals surface area contributed by atoms with Crippen molar-refractivity contribution >= 4 is 11.8 Å². The molecule has 0 unspecified atom stereocenters. The molecule has 0 bridgehead atoms. The van der Waals surface area contributed by atoms with Crippen LogP contribution in [0.3, 0.4) is 0 Å². The molecule has 0 aromatic rings. The molecule has 0 saturated heterocycles. The Bertz CT molecular complexity index is 865. The SMILES string of the molecule is CCCCCCCCCCCCC(CCCCCCCC#CC#CCCCCCCCCC(N)=O)(CCCCCCCCCCCC)C(N)=O. The maximum atomic E-state index is 13.0. The van der Waals surface area contributed by atoms with Crippen molar-refractivity contribution < 1.29 is 9.59 Å². The first-order chi connectivity index (χ1) is 24.5. The Hall–Kier alpha value is -1.94. The minimum Gasteiger partial charge on any atom is -0.370 e. The van der Waals surface area contributed by atoms with E-state index in [4.69, 9.17) is 11.5 Å². The molecule has 4 nitrogen and oxygen atoms in total. The zero-order valence-electron chi connectivity index (χ0n) is 33.6. The summed E-state index contributed by atoms with van der Waals surface area (Å²) in [5.41, 5.74) is 11.1. The van der Waals surface area contributed by atoms with E-state index in [1.807, 2.05) is 0 Å². The Morgan fingerprint density at radius 2 is 0.680 bits per heavy atom. The van der Waals surface area contributed by atoms with Gasteiger partial charge in [0.15, 0.2) is 0 Å². The molecule has 290 valence electrons. The molecule has 0 aromatic heterocycles. The van der Waals surface area contributed by atoms with Crippen LogP contribution in [0, 0.1) is 29.1 Å². The van der Waals surface area contributed by atoms with Crippen molar-refractivity contribution in [1.82, 2.24) is 0 Å². The summed E-state index contributed by atoms with van der Waals surface area (Å²) in [7, 11) is 0. The topological polar surface area (TPSA) is 86.2 Å². The van der Waals surface area contributed by atoms with E-state index in [1.165, 1.54) is 154 Å². The molecule has 0 atom stereocenters. The van der Waals surface area contributed by atoms with E-state index in [2.05, 4.69) is 37.5 Å². The maximum absolute atomic E-state index is 13.0. The third-order valence-corrected chi connectivity index (χ3v) is 10.7. The third-order valence-electron chi connectivity index (χ3n) is 10.7. The summed E-state index contributed by atoms with van der Waals surface area (Å²) in [4.78, 5) is 23.8. The molecular formula is C46H84N2O2. The molecule has 4 heteroatoms. The number of hydrogen-bond acceptors (Lipinski definition) is 2. The zero-order chi connectivity index (χ0) is 36.6. The van der Waals surface area contributed by atoms with Crippen molar-refractivity contribution in [2.75, 3.05) is 0 Å². The second-order valence-corrected chi connectivity index (χ2v) is 15.5. The lowest BCUT2D eigenvalue weighted by Crippen LogP contribution is -2.37. The van der Waals surface area contributed by atoms with Gasteiger partial charge in [-0.25, -0.2) is 0 Å². The average molecular weight is 697 g/mol. The van der Waals surface area contributed by atoms with Gasteiger partial charge in [0.2, 0.25) is 11.8 Å². The summed E-state index contributed by atoms with van der Waals surface area (Å²) < 4.78 is 0. The predicted octanol–water partition coefficient (Wildman–Crippen LogP) is 13.4. The highest BCUT2D eigenvalue weighted by Gasteiger charge is 2.34. The smallest absolute Gasteiger partial charge is 0.223 e. The number of amides is 2. The van der Waals surface area contributed by atoms with Crippen LogP contribution in [0.1, 0.15) is 251 Å². The molecule has 0 saturated carbocycles. The number of carbonyl (C=O) groups is 2. The Balaban J connectivity index is 4.37. The summed E-state index contributed by atoms with van der Waals surface area (Å²) in [6, 6.07) is 0. The summed E-state index contributed by atoms with van der Waals surface area (Å²) in [5.74, 6) is 12.3. The fourth-order valence-corrected chi connectivity index (χ4v) is 7.29. The first-order valence-corrected chi connectivity index (χ1v) is 22.0. The van der Waals surface area contributed by atoms with Crippen molar-refractivity contribution in [2.24, 2.45) is 16.9 Å². The van der Waals surface area contributed by atoms with Crippen LogP contribution in [0.15, 0.2) is 0 Å². The Kier molecular flexibility index (Phi) is 36.8. The first kappa shape index (κ1) is 48.1. The fourth-order valence-electron chi connectivity index (χ4n) is 7.29. The highest BCUT2D eigenvalue weighted by molar-refractivity contribution is 5.80. The van der Waals surface area contributed by atoms with Crippen LogP contribution in [0.4, 0.5) is 0 Å². The first-order valence-electron chi connectivity index (χ1n) is 22.0. The van der Waals surface area contributed by atoms with E-state index in [0.717, 1.165) is 77.0 Å². The Labute approximate surface area is 312 Å². The van der Waals surface area contributed by atoms with Crippen LogP contribution in [0.2, 0.25) is 0 Å². The molecule has 0 aliphatic heterocycles. The molecule has 2 amide bonds. The Morgan fingerprint density at radius 1 is 0.400 bits per heavy atom. The third kappa shape index (κ3) is 33.2. The predicted molar refractivity (Wildman–Crippen MR) is 219 cm³/mol. The van der Waals surface area contributed by atoms with E-state index in [9.17, 15) is 9.59 Å². The van der Waals surface area contributed by atoms with Crippen LogP contribution in [-0.2, 0) is 9.59 Å². The second kappa shape index (κ2) is 38.3. The van der Waals surface area contributed by atoms with Crippen molar-refractivity contribution in [2.45, 2.75) is 251 Å². The van der Waals surface area contributed by atoms with Crippen molar-refractivity contribution in [3.8, 4) is 23.7 Å². The van der Waals surface area contributed by atoms with Crippen molar-refractivity contribution in [1.29, 1.82) is 0 Å². The average Bonchev–Trinajstić information content (AvgIpc) is 3.10. The molecule has 0 rings (SSSR count). The molecule has 4 N–H and O–H groups in total. The molecule has 0 aliphatic carbocycles. The highest BCUT2D eigenvalue weighted by Crippen LogP contribution is 2.37. The van der Waals surface area contributed by atoms with Gasteiger partial charge in [0.25, 0.3) is 0 Å². The molecule has 50 heavy (non-hydrogen) atoms. The summed E-state index contributed by atoms with van der Waals surface area (Å²) in [5, 5.41) is 0. The molecule has 0 heterocycles. The van der Waals surface area contributed by atoms with Gasteiger partial charge < -0.3 is 11.5 Å². The van der Waals surface area contributed by atoms with E-state index in [0.29, 0.717) is 6.42 Å². The minimum atomic E-state index is -0.295. The molecular weight excluding hydrogens is 613 g/mol. The van der Waals surface area contributed by atoms with Gasteiger partial charge >= 0.3 is 0 Å². The van der Waals surface area contributed by atoms with Crippen molar-refractivity contribution in [3.63, 3.8) is 0 Å². The number of hydrogen-bond donors (Lipinski definition) is 2. The van der Waals surface area contributed by atoms with E-state index in [1.54, 1.807) is 0 Å². The van der Waals surface area contributed by atoms with Gasteiger partial charge in [-0.1, -0.05) is 205 Å². The van der Waals surface area contributed by atoms with E-state index < -0.39 is 0 Å². The van der Waals surface area contributed by atoms with Gasteiger partial charge in [0, 0.05) is 24.7 Å². The quantitative estimate of drug-likeness (QED) is 0.0497. The van der Waals surface area contributed by atoms with Crippen LogP contribution >= 0.6 is 0 Å². The molecule has 0 aliphatic rings. The number of unbranched alkanes of at least 4 members (excludes halogenated alkanes) is 29. The molecule has 0 aromatic carbocycles.